The van der Waals surface area contributed by atoms with E-state index < -0.39 is 0 Å². The molecule has 11 rings (SSSR count). The number of rotatable bonds is 8. The highest BCUT2D eigenvalue weighted by Crippen LogP contribution is 2.46. The van der Waals surface area contributed by atoms with Crippen molar-refractivity contribution in [2.24, 2.45) is 0 Å². The number of hydrogen-bond donors (Lipinski definition) is 0. The highest BCUT2D eigenvalue weighted by molar-refractivity contribution is 6.11. The van der Waals surface area contributed by atoms with Crippen molar-refractivity contribution in [3.8, 4) is 67.6 Å². The summed E-state index contributed by atoms with van der Waals surface area (Å²) in [6.45, 7) is 8.62. The van der Waals surface area contributed by atoms with Gasteiger partial charge in [-0.2, -0.15) is 0 Å². The van der Waals surface area contributed by atoms with Crippen LogP contribution >= 0.6 is 0 Å². The average molecular weight is 830 g/mol. The lowest BCUT2D eigenvalue weighted by Gasteiger charge is -2.21. The summed E-state index contributed by atoms with van der Waals surface area (Å²) < 4.78 is 17.6. The third-order valence-corrected chi connectivity index (χ3v) is 12.7. The molecule has 0 bridgehead atoms. The number of pyridine rings is 1. The van der Waals surface area contributed by atoms with Gasteiger partial charge in [-0.05, 0) is 123 Å². The second-order valence-corrected chi connectivity index (χ2v) is 17.0. The Kier molecular flexibility index (Phi) is 9.43. The Hall–Kier alpha value is -7.89. The molecule has 3 heterocycles. The molecule has 5 heteroatoms. The first-order valence-electron chi connectivity index (χ1n) is 21.9. The molecule has 0 aliphatic heterocycles. The predicted octanol–water partition coefficient (Wildman–Crippen LogP) is 15.2. The topological polar surface area (TPSA) is 41.2 Å². The zero-order valence-corrected chi connectivity index (χ0v) is 36.9. The lowest BCUT2D eigenvalue weighted by molar-refractivity contribution is 0.415. The van der Waals surface area contributed by atoms with E-state index in [1.165, 1.54) is 21.5 Å². The molecule has 64 heavy (non-hydrogen) atoms. The lowest BCUT2D eigenvalue weighted by Crippen LogP contribution is -2.02. The summed E-state index contributed by atoms with van der Waals surface area (Å²) in [4.78, 5) is 5.54. The van der Waals surface area contributed by atoms with Gasteiger partial charge in [0, 0.05) is 43.8 Å². The Labute approximate surface area is 373 Å². The van der Waals surface area contributed by atoms with Crippen LogP contribution in [0.5, 0.6) is 11.5 Å². The number of nitrogens with zero attached hydrogens (tertiary/aromatic N) is 3. The molecule has 310 valence electrons. The van der Waals surface area contributed by atoms with Crippen molar-refractivity contribution in [2.75, 3.05) is 14.2 Å². The molecule has 0 spiro atoms. The molecule has 3 aromatic heterocycles. The summed E-state index contributed by atoms with van der Waals surface area (Å²) in [5.41, 5.74) is 19.1. The smallest absolute Gasteiger partial charge is 0.150 e. The third-order valence-electron chi connectivity index (χ3n) is 12.7. The molecule has 0 N–H and O–H groups in total. The van der Waals surface area contributed by atoms with Gasteiger partial charge in [-0.15, -0.1) is 0 Å². The summed E-state index contributed by atoms with van der Waals surface area (Å²) in [5, 5.41) is 4.84. The minimum absolute atomic E-state index is 0.810. The van der Waals surface area contributed by atoms with Crippen LogP contribution < -0.4 is 9.47 Å². The van der Waals surface area contributed by atoms with Gasteiger partial charge in [-0.3, -0.25) is 0 Å². The van der Waals surface area contributed by atoms with Gasteiger partial charge in [0.2, 0.25) is 0 Å². The monoisotopic (exact) mass is 829 g/mol. The van der Waals surface area contributed by atoms with Gasteiger partial charge in [-0.25, -0.2) is 4.98 Å². The average Bonchev–Trinajstić information content (AvgIpc) is 3.84. The molecule has 11 aromatic rings. The molecule has 0 radical (unpaired) electrons. The van der Waals surface area contributed by atoms with Crippen LogP contribution in [-0.2, 0) is 0 Å². The van der Waals surface area contributed by atoms with Crippen molar-refractivity contribution in [3.63, 3.8) is 0 Å². The zero-order valence-electron chi connectivity index (χ0n) is 36.9. The van der Waals surface area contributed by atoms with Crippen LogP contribution in [0.2, 0.25) is 0 Å². The second kappa shape index (κ2) is 15.5. The number of ether oxygens (including phenoxy) is 2. The maximum Gasteiger partial charge on any atom is 0.150 e. The summed E-state index contributed by atoms with van der Waals surface area (Å²) in [7, 11) is 3.56. The number of benzene rings is 8. The molecule has 0 aliphatic rings. The van der Waals surface area contributed by atoms with Gasteiger partial charge in [0.1, 0.15) is 0 Å². The van der Waals surface area contributed by atoms with Gasteiger partial charge in [0.05, 0.1) is 59.0 Å². The third kappa shape index (κ3) is 6.26. The SMILES string of the molecule is COc1c(-c2ccc(C)cc2-c2cccc(-c3cc(C)ccc3-c3cc(C)cc(-n4c5ccccc5c5ccccc54)c3OC)n2)cc(C)cc1-n1c2ccccc2c2ccccc21. The summed E-state index contributed by atoms with van der Waals surface area (Å²) in [6, 6.07) is 63.1. The first-order valence-corrected chi connectivity index (χ1v) is 21.9. The minimum Gasteiger partial charge on any atom is -0.494 e. The normalized spacial score (nSPS) is 11.6. The van der Waals surface area contributed by atoms with Crippen molar-refractivity contribution in [3.05, 3.63) is 198 Å². The fraction of sp³-hybridized carbons (Fsp3) is 0.102. The minimum atomic E-state index is 0.810. The molecule has 0 saturated heterocycles. The lowest BCUT2D eigenvalue weighted by atomic mass is 9.91. The van der Waals surface area contributed by atoms with E-state index in [-0.39, 0.29) is 0 Å². The standard InChI is InChI=1S/C59H47N3O2/c1-36-26-28-40(48-32-38(3)34-56(58(48)63-5)61-52-22-11-7-16-42(52)43-17-8-12-23-53(43)61)46(30-36)50-20-15-21-51(60-50)47-31-37(2)27-29-41(47)49-33-39(4)35-57(59(49)64-6)62-54-24-13-9-18-44(54)45-19-10-14-25-55(45)62/h7-35H,1-6H3. The van der Waals surface area contributed by atoms with E-state index in [1.54, 1.807) is 14.2 Å². The van der Waals surface area contributed by atoms with E-state index in [1.807, 2.05) is 0 Å². The van der Waals surface area contributed by atoms with E-state index >= 15 is 0 Å². The fourth-order valence-corrected chi connectivity index (χ4v) is 9.98. The van der Waals surface area contributed by atoms with E-state index in [9.17, 15) is 0 Å². The number of fused-ring (bicyclic) bond motifs is 6. The molecule has 0 aliphatic carbocycles. The summed E-state index contributed by atoms with van der Waals surface area (Å²) in [6.07, 6.45) is 0. The quantitative estimate of drug-likeness (QED) is 0.153. The van der Waals surface area contributed by atoms with Crippen LogP contribution in [-0.4, -0.2) is 28.3 Å². The molecule has 0 saturated carbocycles. The largest absolute Gasteiger partial charge is 0.494 e. The van der Waals surface area contributed by atoms with Crippen molar-refractivity contribution in [2.45, 2.75) is 27.7 Å². The zero-order chi connectivity index (χ0) is 43.6. The molecular formula is C59H47N3O2. The van der Waals surface area contributed by atoms with Crippen molar-refractivity contribution in [1.29, 1.82) is 0 Å². The molecule has 5 nitrogen and oxygen atoms in total. The maximum atomic E-state index is 6.46. The van der Waals surface area contributed by atoms with Gasteiger partial charge < -0.3 is 18.6 Å². The second-order valence-electron chi connectivity index (χ2n) is 17.0. The van der Waals surface area contributed by atoms with Crippen LogP contribution in [0.15, 0.2) is 176 Å². The molecule has 8 aromatic carbocycles. The van der Waals surface area contributed by atoms with E-state index in [0.717, 1.165) is 112 Å². The van der Waals surface area contributed by atoms with Crippen molar-refractivity contribution < 1.29 is 9.47 Å². The number of hydrogen-bond acceptors (Lipinski definition) is 3. The van der Waals surface area contributed by atoms with Gasteiger partial charge >= 0.3 is 0 Å². The van der Waals surface area contributed by atoms with Crippen LogP contribution in [0.25, 0.3) is 99.8 Å². The highest BCUT2D eigenvalue weighted by atomic mass is 16.5. The van der Waals surface area contributed by atoms with Crippen LogP contribution in [0.1, 0.15) is 22.3 Å². The molecule has 0 atom stereocenters. The van der Waals surface area contributed by atoms with E-state index in [0.29, 0.717) is 0 Å². The first-order chi connectivity index (χ1) is 31.3. The molecule has 0 unspecified atom stereocenters. The van der Waals surface area contributed by atoms with Crippen LogP contribution in [0.4, 0.5) is 0 Å². The Bertz CT molecular complexity index is 3300. The van der Waals surface area contributed by atoms with Gasteiger partial charge in [-0.1, -0.05) is 114 Å². The Morgan fingerprint density at radius 1 is 0.328 bits per heavy atom. The Morgan fingerprint density at radius 2 is 0.672 bits per heavy atom. The fourth-order valence-electron chi connectivity index (χ4n) is 9.98. The predicted molar refractivity (Wildman–Crippen MR) is 267 cm³/mol. The number of methoxy groups -OCH3 is 2. The first kappa shape index (κ1) is 39.0. The van der Waals surface area contributed by atoms with E-state index in [2.05, 4.69) is 213 Å². The Morgan fingerprint density at radius 3 is 1.03 bits per heavy atom. The molecular weight excluding hydrogens is 783 g/mol. The van der Waals surface area contributed by atoms with Crippen molar-refractivity contribution in [1.82, 2.24) is 14.1 Å². The summed E-state index contributed by atoms with van der Waals surface area (Å²) >= 11 is 0. The van der Waals surface area contributed by atoms with Crippen molar-refractivity contribution >= 4 is 43.6 Å². The Balaban J connectivity index is 1.09. The number of aromatic nitrogens is 3. The molecule has 0 amide bonds. The van der Waals surface area contributed by atoms with E-state index in [4.69, 9.17) is 14.5 Å². The van der Waals surface area contributed by atoms with Crippen LogP contribution in [0.3, 0.4) is 0 Å². The van der Waals surface area contributed by atoms with Crippen LogP contribution in [0, 0.1) is 27.7 Å². The summed E-state index contributed by atoms with van der Waals surface area (Å²) in [5.74, 6) is 1.62. The maximum absolute atomic E-state index is 6.46. The number of aryl methyl sites for hydroxylation is 4. The number of para-hydroxylation sites is 4. The molecule has 0 fully saturated rings. The van der Waals surface area contributed by atoms with Gasteiger partial charge in [0.15, 0.2) is 11.5 Å². The highest BCUT2D eigenvalue weighted by Gasteiger charge is 2.24. The van der Waals surface area contributed by atoms with Gasteiger partial charge in [0.25, 0.3) is 0 Å².